The Morgan fingerprint density at radius 3 is 2.66 bits per heavy atom. The number of thiophene rings is 2. The maximum Gasteiger partial charge on any atom is 0.340 e. The summed E-state index contributed by atoms with van der Waals surface area (Å²) < 4.78 is 5.20. The van der Waals surface area contributed by atoms with Crippen LogP contribution in [-0.4, -0.2) is 35.8 Å². The van der Waals surface area contributed by atoms with E-state index >= 15 is 0 Å². The number of ketones is 1. The first-order valence-electron chi connectivity index (χ1n) is 8.99. The Bertz CT molecular complexity index is 1030. The molecule has 0 spiro atoms. The summed E-state index contributed by atoms with van der Waals surface area (Å²) >= 11 is 2.92. The molecule has 0 aliphatic heterocycles. The molecule has 0 atom stereocenters. The van der Waals surface area contributed by atoms with E-state index in [1.165, 1.54) is 18.3 Å². The highest BCUT2D eigenvalue weighted by atomic mass is 32.1. The maximum absolute atomic E-state index is 12.4. The van der Waals surface area contributed by atoms with Gasteiger partial charge in [0, 0.05) is 18.3 Å². The summed E-state index contributed by atoms with van der Waals surface area (Å²) in [7, 11) is 0. The smallest absolute Gasteiger partial charge is 0.340 e. The molecule has 0 bridgehead atoms. The number of nitrogens with zero attached hydrogens (tertiary/aromatic N) is 1. The Morgan fingerprint density at radius 2 is 1.97 bits per heavy atom. The summed E-state index contributed by atoms with van der Waals surface area (Å²) in [5.41, 5.74) is 1.71. The third-order valence-electron chi connectivity index (χ3n) is 4.10. The van der Waals surface area contributed by atoms with E-state index in [1.807, 2.05) is 23.6 Å². The van der Waals surface area contributed by atoms with Gasteiger partial charge in [0.2, 0.25) is 11.7 Å². The van der Waals surface area contributed by atoms with Gasteiger partial charge in [-0.1, -0.05) is 6.07 Å². The number of Topliss-reactive ketones (excluding diaryl/α,β-unsaturated/α-hetero) is 1. The third-order valence-corrected chi connectivity index (χ3v) is 6.17. The fourth-order valence-corrected chi connectivity index (χ4v) is 4.27. The molecule has 8 heteroatoms. The largest absolute Gasteiger partial charge is 0.454 e. The molecule has 0 radical (unpaired) electrons. The highest BCUT2D eigenvalue weighted by Gasteiger charge is 2.16. The number of hydrogen-bond donors (Lipinski definition) is 1. The highest BCUT2D eigenvalue weighted by Crippen LogP contribution is 2.24. The lowest BCUT2D eigenvalue weighted by molar-refractivity contribution is -0.118. The van der Waals surface area contributed by atoms with Crippen molar-refractivity contribution in [3.63, 3.8) is 0 Å². The number of pyridine rings is 1. The van der Waals surface area contributed by atoms with Crippen LogP contribution in [-0.2, 0) is 16.0 Å². The molecule has 3 heterocycles. The average molecular weight is 429 g/mol. The summed E-state index contributed by atoms with van der Waals surface area (Å²) in [6.07, 6.45) is 0.652. The fourth-order valence-electron chi connectivity index (χ4n) is 2.64. The van der Waals surface area contributed by atoms with Crippen LogP contribution in [0, 0.1) is 6.92 Å². The molecular weight excluding hydrogens is 408 g/mol. The highest BCUT2D eigenvalue weighted by molar-refractivity contribution is 7.14. The van der Waals surface area contributed by atoms with Crippen LogP contribution in [0.1, 0.15) is 37.5 Å². The first kappa shape index (κ1) is 20.9. The molecule has 3 rings (SSSR count). The zero-order chi connectivity index (χ0) is 20.8. The van der Waals surface area contributed by atoms with Crippen LogP contribution < -0.4 is 5.32 Å². The van der Waals surface area contributed by atoms with Crippen molar-refractivity contribution < 1.29 is 19.1 Å². The zero-order valence-corrected chi connectivity index (χ0v) is 17.7. The number of aryl methyl sites for hydroxylation is 1. The van der Waals surface area contributed by atoms with Crippen molar-refractivity contribution in [3.8, 4) is 10.6 Å². The maximum atomic E-state index is 12.4. The van der Waals surface area contributed by atoms with Gasteiger partial charge in [-0.2, -0.15) is 0 Å². The van der Waals surface area contributed by atoms with Crippen molar-refractivity contribution in [2.24, 2.45) is 0 Å². The SMILES string of the molecule is CC(=O)NCCc1ccc(C(=O)COC(=O)c2ccc(-c3cccs3)nc2C)s1. The van der Waals surface area contributed by atoms with Gasteiger partial charge in [0.15, 0.2) is 6.61 Å². The van der Waals surface area contributed by atoms with Crippen LogP contribution in [0.15, 0.2) is 41.8 Å². The van der Waals surface area contributed by atoms with Crippen LogP contribution in [0.4, 0.5) is 0 Å². The number of nitrogens with one attached hydrogen (secondary N) is 1. The summed E-state index contributed by atoms with van der Waals surface area (Å²) in [5, 5.41) is 4.69. The fraction of sp³-hybridized carbons (Fsp3) is 0.238. The predicted octanol–water partition coefficient (Wildman–Crippen LogP) is 3.90. The van der Waals surface area contributed by atoms with Crippen molar-refractivity contribution in [1.82, 2.24) is 10.3 Å². The minimum atomic E-state index is -0.566. The van der Waals surface area contributed by atoms with Crippen LogP contribution in [0.25, 0.3) is 10.6 Å². The van der Waals surface area contributed by atoms with Crippen molar-refractivity contribution in [2.75, 3.05) is 13.2 Å². The molecule has 6 nitrogen and oxygen atoms in total. The molecule has 29 heavy (non-hydrogen) atoms. The lowest BCUT2D eigenvalue weighted by atomic mass is 10.1. The number of carbonyl (C=O) groups is 3. The van der Waals surface area contributed by atoms with Crippen molar-refractivity contribution in [2.45, 2.75) is 20.3 Å². The molecule has 1 amide bonds. The van der Waals surface area contributed by atoms with Gasteiger partial charge in [-0.25, -0.2) is 4.79 Å². The van der Waals surface area contributed by atoms with E-state index in [1.54, 1.807) is 36.5 Å². The molecular formula is C21H20N2O4S2. The second-order valence-corrected chi connectivity index (χ2v) is 8.42. The number of amides is 1. The molecule has 1 N–H and O–H groups in total. The van der Waals surface area contributed by atoms with Gasteiger partial charge in [0.05, 0.1) is 26.7 Å². The van der Waals surface area contributed by atoms with Gasteiger partial charge in [-0.05, 0) is 49.1 Å². The first-order valence-corrected chi connectivity index (χ1v) is 10.7. The van der Waals surface area contributed by atoms with Gasteiger partial charge in [0.25, 0.3) is 0 Å². The molecule has 0 unspecified atom stereocenters. The molecule has 0 fully saturated rings. The molecule has 150 valence electrons. The Morgan fingerprint density at radius 1 is 1.14 bits per heavy atom. The van der Waals surface area contributed by atoms with Gasteiger partial charge in [-0.15, -0.1) is 22.7 Å². The monoisotopic (exact) mass is 428 g/mol. The summed E-state index contributed by atoms with van der Waals surface area (Å²) in [4.78, 5) is 42.6. The number of esters is 1. The second kappa shape index (κ2) is 9.58. The minimum absolute atomic E-state index is 0.0852. The summed E-state index contributed by atoms with van der Waals surface area (Å²) in [6.45, 7) is 3.41. The number of ether oxygens (including phenoxy) is 1. The topological polar surface area (TPSA) is 85.4 Å². The van der Waals surface area contributed by atoms with Crippen molar-refractivity contribution in [1.29, 1.82) is 0 Å². The van der Waals surface area contributed by atoms with Gasteiger partial charge in [-0.3, -0.25) is 14.6 Å². The third kappa shape index (κ3) is 5.58. The van der Waals surface area contributed by atoms with Crippen LogP contribution in [0.3, 0.4) is 0 Å². The molecule has 3 aromatic heterocycles. The molecule has 0 aliphatic carbocycles. The quantitative estimate of drug-likeness (QED) is 0.434. The summed E-state index contributed by atoms with van der Waals surface area (Å²) in [5.74, 6) is -0.906. The van der Waals surface area contributed by atoms with Crippen molar-refractivity contribution in [3.05, 3.63) is 62.8 Å². The molecule has 3 aromatic rings. The zero-order valence-electron chi connectivity index (χ0n) is 16.1. The molecule has 0 aliphatic rings. The second-order valence-electron chi connectivity index (χ2n) is 6.30. The summed E-state index contributed by atoms with van der Waals surface area (Å²) in [6, 6.07) is 10.9. The standard InChI is InChI=1S/C21H20N2O4S2/c1-13-16(6-7-17(23-13)19-4-3-11-28-19)21(26)27-12-18(25)20-8-5-15(29-20)9-10-22-14(2)24/h3-8,11H,9-10,12H2,1-2H3,(H,22,24). The van der Waals surface area contributed by atoms with E-state index in [0.29, 0.717) is 29.1 Å². The van der Waals surface area contributed by atoms with E-state index in [-0.39, 0.29) is 18.3 Å². The normalized spacial score (nSPS) is 10.6. The Labute approximate surface area is 176 Å². The Hall–Kier alpha value is -2.84. The van der Waals surface area contributed by atoms with E-state index in [0.717, 1.165) is 15.4 Å². The lowest BCUT2D eigenvalue weighted by Gasteiger charge is -2.07. The van der Waals surface area contributed by atoms with Crippen LogP contribution in [0.5, 0.6) is 0 Å². The number of hydrogen-bond acceptors (Lipinski definition) is 7. The predicted molar refractivity (Wildman–Crippen MR) is 114 cm³/mol. The van der Waals surface area contributed by atoms with Gasteiger partial charge in [0.1, 0.15) is 0 Å². The van der Waals surface area contributed by atoms with E-state index in [2.05, 4.69) is 10.3 Å². The van der Waals surface area contributed by atoms with Gasteiger partial charge >= 0.3 is 5.97 Å². The number of carbonyl (C=O) groups excluding carboxylic acids is 3. The average Bonchev–Trinajstić information content (AvgIpc) is 3.37. The Balaban J connectivity index is 1.56. The van der Waals surface area contributed by atoms with Gasteiger partial charge < -0.3 is 10.1 Å². The lowest BCUT2D eigenvalue weighted by Crippen LogP contribution is -2.22. The number of aromatic nitrogens is 1. The first-order chi connectivity index (χ1) is 13.9. The molecule has 0 saturated carbocycles. The van der Waals surface area contributed by atoms with E-state index < -0.39 is 5.97 Å². The number of rotatable bonds is 8. The van der Waals surface area contributed by atoms with E-state index in [9.17, 15) is 14.4 Å². The van der Waals surface area contributed by atoms with Crippen LogP contribution in [0.2, 0.25) is 0 Å². The van der Waals surface area contributed by atoms with E-state index in [4.69, 9.17) is 4.74 Å². The molecule has 0 saturated heterocycles. The van der Waals surface area contributed by atoms with Crippen molar-refractivity contribution >= 4 is 40.3 Å². The minimum Gasteiger partial charge on any atom is -0.454 e. The molecule has 0 aromatic carbocycles. The Kier molecular flexibility index (Phi) is 6.90. The van der Waals surface area contributed by atoms with Crippen LogP contribution >= 0.6 is 22.7 Å².